The van der Waals surface area contributed by atoms with Gasteiger partial charge in [-0.25, -0.2) is 4.79 Å². The third-order valence-electron chi connectivity index (χ3n) is 4.16. The summed E-state index contributed by atoms with van der Waals surface area (Å²) in [5, 5.41) is 12.4. The Balaban J connectivity index is 1.63. The number of para-hydroxylation sites is 2. The van der Waals surface area contributed by atoms with Gasteiger partial charge in [0.15, 0.2) is 5.58 Å². The van der Waals surface area contributed by atoms with Crippen LogP contribution >= 0.6 is 11.3 Å². The normalized spacial score (nSPS) is 11.3. The quantitative estimate of drug-likeness (QED) is 0.697. The fourth-order valence-corrected chi connectivity index (χ4v) is 3.74. The monoisotopic (exact) mass is 360 g/mol. The molecule has 2 heterocycles. The number of oxazole rings is 1. The molecule has 0 spiro atoms. The van der Waals surface area contributed by atoms with Gasteiger partial charge in [0.1, 0.15) is 5.01 Å². The second-order valence-corrected chi connectivity index (χ2v) is 6.75. The highest BCUT2D eigenvalue weighted by Gasteiger charge is 2.15. The van der Waals surface area contributed by atoms with Gasteiger partial charge in [-0.15, -0.1) is 10.2 Å². The summed E-state index contributed by atoms with van der Waals surface area (Å²) in [6, 6.07) is 7.16. The molecule has 25 heavy (non-hydrogen) atoms. The van der Waals surface area contributed by atoms with E-state index in [0.717, 1.165) is 17.8 Å². The Morgan fingerprint density at radius 1 is 1.28 bits per heavy atom. The van der Waals surface area contributed by atoms with Crippen molar-refractivity contribution < 1.29 is 9.21 Å². The number of rotatable bonds is 7. The first-order valence-corrected chi connectivity index (χ1v) is 9.15. The van der Waals surface area contributed by atoms with Gasteiger partial charge in [0, 0.05) is 18.9 Å². The van der Waals surface area contributed by atoms with Gasteiger partial charge >= 0.3 is 5.76 Å². The molecule has 2 aromatic heterocycles. The number of carbonyl (C=O) groups excluding carboxylic acids is 1. The number of benzene rings is 1. The fourth-order valence-electron chi connectivity index (χ4n) is 2.71. The molecule has 8 heteroatoms. The average Bonchev–Trinajstić information content (AvgIpc) is 3.18. The summed E-state index contributed by atoms with van der Waals surface area (Å²) in [6.45, 7) is 4.47. The zero-order chi connectivity index (χ0) is 17.8. The van der Waals surface area contributed by atoms with Crippen molar-refractivity contribution in [2.75, 3.05) is 5.32 Å². The van der Waals surface area contributed by atoms with Gasteiger partial charge in [0.25, 0.3) is 0 Å². The van der Waals surface area contributed by atoms with E-state index in [2.05, 4.69) is 29.4 Å². The summed E-state index contributed by atoms with van der Waals surface area (Å²) >= 11 is 1.41. The highest BCUT2D eigenvalue weighted by Crippen LogP contribution is 2.28. The van der Waals surface area contributed by atoms with Crippen molar-refractivity contribution in [3.8, 4) is 0 Å². The first kappa shape index (κ1) is 17.3. The smallest absolute Gasteiger partial charge is 0.408 e. The molecule has 0 radical (unpaired) electrons. The van der Waals surface area contributed by atoms with Gasteiger partial charge in [-0.1, -0.05) is 37.3 Å². The van der Waals surface area contributed by atoms with Gasteiger partial charge in [-0.3, -0.25) is 9.36 Å². The summed E-state index contributed by atoms with van der Waals surface area (Å²) in [4.78, 5) is 24.1. The third-order valence-corrected chi connectivity index (χ3v) is 5.16. The molecule has 0 unspecified atom stereocenters. The van der Waals surface area contributed by atoms with Crippen LogP contribution in [-0.4, -0.2) is 20.7 Å². The van der Waals surface area contributed by atoms with Crippen LogP contribution in [0.25, 0.3) is 11.1 Å². The van der Waals surface area contributed by atoms with Gasteiger partial charge in [0.05, 0.1) is 5.52 Å². The lowest BCUT2D eigenvalue weighted by molar-refractivity contribution is -0.116. The number of aromatic nitrogens is 3. The molecule has 1 amide bonds. The van der Waals surface area contributed by atoms with E-state index >= 15 is 0 Å². The maximum Gasteiger partial charge on any atom is 0.419 e. The molecule has 132 valence electrons. The van der Waals surface area contributed by atoms with Crippen LogP contribution in [0.3, 0.4) is 0 Å². The molecule has 0 aliphatic carbocycles. The van der Waals surface area contributed by atoms with E-state index in [9.17, 15) is 9.59 Å². The number of fused-ring (bicyclic) bond motifs is 1. The number of nitrogens with one attached hydrogen (secondary N) is 1. The number of aryl methyl sites for hydroxylation is 1. The predicted molar refractivity (Wildman–Crippen MR) is 97.0 cm³/mol. The SMILES string of the molecule is CCC(CC)c1nnc(NC(=O)CCn2c(=O)oc3ccccc32)s1. The number of hydrogen-bond donors (Lipinski definition) is 1. The van der Waals surface area contributed by atoms with Crippen LogP contribution in [0.15, 0.2) is 33.5 Å². The average molecular weight is 360 g/mol. The van der Waals surface area contributed by atoms with Crippen molar-refractivity contribution in [3.63, 3.8) is 0 Å². The highest BCUT2D eigenvalue weighted by molar-refractivity contribution is 7.15. The Bertz CT molecular complexity index is 923. The molecule has 0 aliphatic heterocycles. The zero-order valence-electron chi connectivity index (χ0n) is 14.2. The van der Waals surface area contributed by atoms with Gasteiger partial charge < -0.3 is 9.73 Å². The second-order valence-electron chi connectivity index (χ2n) is 5.74. The standard InChI is InChI=1S/C17H20N4O3S/c1-3-11(4-2)15-19-20-16(25-15)18-14(22)9-10-21-12-7-5-6-8-13(12)24-17(21)23/h5-8,11H,3-4,9-10H2,1-2H3,(H,18,20,22). The van der Waals surface area contributed by atoms with Gasteiger partial charge in [0.2, 0.25) is 11.0 Å². The van der Waals surface area contributed by atoms with Crippen molar-refractivity contribution >= 4 is 33.5 Å². The van der Waals surface area contributed by atoms with E-state index in [1.807, 2.05) is 6.07 Å². The molecule has 0 aliphatic rings. The summed E-state index contributed by atoms with van der Waals surface area (Å²) in [5.41, 5.74) is 1.21. The summed E-state index contributed by atoms with van der Waals surface area (Å²) < 4.78 is 6.62. The number of amides is 1. The molecule has 1 aromatic carbocycles. The summed E-state index contributed by atoms with van der Waals surface area (Å²) in [6.07, 6.45) is 2.15. The molecule has 3 aromatic rings. The van der Waals surface area contributed by atoms with Crippen LogP contribution in [0.4, 0.5) is 5.13 Å². The zero-order valence-corrected chi connectivity index (χ0v) is 15.0. The number of nitrogens with zero attached hydrogens (tertiary/aromatic N) is 3. The lowest BCUT2D eigenvalue weighted by atomic mass is 10.1. The van der Waals surface area contributed by atoms with E-state index in [4.69, 9.17) is 4.42 Å². The van der Waals surface area contributed by atoms with Crippen molar-refractivity contribution in [1.29, 1.82) is 0 Å². The minimum atomic E-state index is -0.457. The molecular weight excluding hydrogens is 340 g/mol. The Labute approximate surface area is 148 Å². The first-order valence-electron chi connectivity index (χ1n) is 8.34. The molecule has 0 fully saturated rings. The van der Waals surface area contributed by atoms with E-state index in [1.165, 1.54) is 15.9 Å². The molecule has 1 N–H and O–H groups in total. The summed E-state index contributed by atoms with van der Waals surface area (Å²) in [5.74, 6) is -0.288. The highest BCUT2D eigenvalue weighted by atomic mass is 32.1. The van der Waals surface area contributed by atoms with Crippen LogP contribution in [-0.2, 0) is 11.3 Å². The van der Waals surface area contributed by atoms with Crippen molar-refractivity contribution in [3.05, 3.63) is 39.8 Å². The fraction of sp³-hybridized carbons (Fsp3) is 0.412. The maximum absolute atomic E-state index is 12.2. The van der Waals surface area contributed by atoms with Crippen LogP contribution in [0.1, 0.15) is 44.0 Å². The van der Waals surface area contributed by atoms with Crippen molar-refractivity contribution in [1.82, 2.24) is 14.8 Å². The summed E-state index contributed by atoms with van der Waals surface area (Å²) in [7, 11) is 0. The molecule has 7 nitrogen and oxygen atoms in total. The molecule has 0 atom stereocenters. The minimum absolute atomic E-state index is 0.156. The van der Waals surface area contributed by atoms with Crippen LogP contribution in [0.2, 0.25) is 0 Å². The largest absolute Gasteiger partial charge is 0.419 e. The molecule has 0 saturated heterocycles. The Morgan fingerprint density at radius 3 is 2.80 bits per heavy atom. The van der Waals surface area contributed by atoms with Crippen LogP contribution < -0.4 is 11.1 Å². The molecule has 0 bridgehead atoms. The van der Waals surface area contributed by atoms with Crippen LogP contribution in [0.5, 0.6) is 0 Å². The maximum atomic E-state index is 12.2. The number of carbonyl (C=O) groups is 1. The van der Waals surface area contributed by atoms with Crippen LogP contribution in [0, 0.1) is 0 Å². The lowest BCUT2D eigenvalue weighted by Gasteiger charge is -2.05. The minimum Gasteiger partial charge on any atom is -0.408 e. The Morgan fingerprint density at radius 2 is 2.04 bits per heavy atom. The number of hydrogen-bond acceptors (Lipinski definition) is 6. The van der Waals surface area contributed by atoms with Gasteiger partial charge in [-0.2, -0.15) is 0 Å². The Hall–Kier alpha value is -2.48. The molecular formula is C17H20N4O3S. The second kappa shape index (κ2) is 7.60. The van der Waals surface area contributed by atoms with E-state index in [0.29, 0.717) is 22.1 Å². The topological polar surface area (TPSA) is 90.0 Å². The van der Waals surface area contributed by atoms with Gasteiger partial charge in [-0.05, 0) is 25.0 Å². The first-order chi connectivity index (χ1) is 12.1. The molecule has 3 rings (SSSR count). The van der Waals surface area contributed by atoms with E-state index in [-0.39, 0.29) is 18.9 Å². The Kier molecular flexibility index (Phi) is 5.28. The van der Waals surface area contributed by atoms with Crippen molar-refractivity contribution in [2.24, 2.45) is 0 Å². The third kappa shape index (κ3) is 3.79. The van der Waals surface area contributed by atoms with E-state index in [1.54, 1.807) is 18.2 Å². The van der Waals surface area contributed by atoms with Crippen molar-refractivity contribution in [2.45, 2.75) is 45.6 Å². The lowest BCUT2D eigenvalue weighted by Crippen LogP contribution is -2.19. The number of anilines is 1. The molecule has 0 saturated carbocycles. The van der Waals surface area contributed by atoms with E-state index < -0.39 is 5.76 Å². The predicted octanol–water partition coefficient (Wildman–Crippen LogP) is 3.38.